The second-order valence-electron chi connectivity index (χ2n) is 7.47. The topological polar surface area (TPSA) is 85.9 Å². The number of hydrogen-bond acceptors (Lipinski definition) is 7. The monoisotopic (exact) mass is 482 g/mol. The molecule has 0 radical (unpaired) electrons. The molecule has 0 saturated carbocycles. The zero-order valence-electron chi connectivity index (χ0n) is 19.7. The molecule has 1 aliphatic heterocycles. The lowest BCUT2D eigenvalue weighted by Gasteiger charge is -2.16. The number of aryl methyl sites for hydroxylation is 1. The summed E-state index contributed by atoms with van der Waals surface area (Å²) in [5, 5.41) is 6.28. The van der Waals surface area contributed by atoms with Crippen molar-refractivity contribution in [3.63, 3.8) is 0 Å². The van der Waals surface area contributed by atoms with E-state index in [1.54, 1.807) is 12.1 Å². The second-order valence-corrected chi connectivity index (χ2v) is 8.62. The number of rotatable bonds is 11. The Bertz CT molecular complexity index is 1070. The number of carbonyl (C=O) groups excluding carboxylic acids is 2. The number of allylic oxidation sites excluding steroid dienone is 1. The van der Waals surface area contributed by atoms with E-state index >= 15 is 0 Å². The lowest BCUT2D eigenvalue weighted by Crippen LogP contribution is -2.30. The van der Waals surface area contributed by atoms with E-state index in [-0.39, 0.29) is 18.0 Å². The molecule has 1 heterocycles. The summed E-state index contributed by atoms with van der Waals surface area (Å²) in [4.78, 5) is 24.8. The first-order valence-corrected chi connectivity index (χ1v) is 12.0. The van der Waals surface area contributed by atoms with Crippen molar-refractivity contribution < 1.29 is 23.8 Å². The Labute approximate surface area is 204 Å². The van der Waals surface area contributed by atoms with Crippen LogP contribution in [0, 0.1) is 0 Å². The molecular weight excluding hydrogens is 452 g/mol. The molecule has 3 rings (SSSR count). The molecule has 1 saturated heterocycles. The highest BCUT2D eigenvalue weighted by molar-refractivity contribution is 8.05. The zero-order chi connectivity index (χ0) is 24.5. The SMILES string of the molecule is C=CCc1cc(/C=C2\S[C@H](Nc3ccc(CC)cc3)NC2=O)cc(OCC)c1OCC(=O)OC. The minimum Gasteiger partial charge on any atom is -0.490 e. The summed E-state index contributed by atoms with van der Waals surface area (Å²) in [5.41, 5.74) is 3.51. The lowest BCUT2D eigenvalue weighted by molar-refractivity contribution is -0.142. The number of hydrogen-bond donors (Lipinski definition) is 2. The molecule has 0 aromatic heterocycles. The number of carbonyl (C=O) groups is 2. The second kappa shape index (κ2) is 12.2. The van der Waals surface area contributed by atoms with Gasteiger partial charge in [-0.2, -0.15) is 0 Å². The van der Waals surface area contributed by atoms with Gasteiger partial charge >= 0.3 is 5.97 Å². The van der Waals surface area contributed by atoms with Crippen LogP contribution >= 0.6 is 11.8 Å². The molecule has 0 unspecified atom stereocenters. The van der Waals surface area contributed by atoms with E-state index in [9.17, 15) is 9.59 Å². The van der Waals surface area contributed by atoms with Gasteiger partial charge in [-0.05, 0) is 61.2 Å². The van der Waals surface area contributed by atoms with Gasteiger partial charge in [0.05, 0.1) is 18.6 Å². The van der Waals surface area contributed by atoms with Gasteiger partial charge in [-0.25, -0.2) is 4.79 Å². The summed E-state index contributed by atoms with van der Waals surface area (Å²) in [6.45, 7) is 7.98. The number of thioether (sulfide) groups is 1. The van der Waals surface area contributed by atoms with Crippen molar-refractivity contribution in [1.82, 2.24) is 5.32 Å². The van der Waals surface area contributed by atoms with E-state index in [1.165, 1.54) is 24.4 Å². The predicted molar refractivity (Wildman–Crippen MR) is 136 cm³/mol. The Kier molecular flexibility index (Phi) is 9.04. The van der Waals surface area contributed by atoms with Crippen LogP contribution in [0.25, 0.3) is 6.08 Å². The van der Waals surface area contributed by atoms with Gasteiger partial charge in [-0.1, -0.05) is 36.9 Å². The maximum atomic E-state index is 12.6. The van der Waals surface area contributed by atoms with E-state index in [0.717, 1.165) is 23.2 Å². The highest BCUT2D eigenvalue weighted by Crippen LogP contribution is 2.36. The molecule has 2 N–H and O–H groups in total. The fourth-order valence-corrected chi connectivity index (χ4v) is 4.38. The highest BCUT2D eigenvalue weighted by atomic mass is 32.2. The van der Waals surface area contributed by atoms with Crippen LogP contribution in [0.1, 0.15) is 30.5 Å². The van der Waals surface area contributed by atoms with Gasteiger partial charge in [-0.3, -0.25) is 4.79 Å². The zero-order valence-corrected chi connectivity index (χ0v) is 20.5. The first kappa shape index (κ1) is 25.2. The molecule has 1 fully saturated rings. The van der Waals surface area contributed by atoms with Gasteiger partial charge in [-0.15, -0.1) is 6.58 Å². The molecule has 1 atom stereocenters. The molecule has 1 amide bonds. The summed E-state index contributed by atoms with van der Waals surface area (Å²) in [7, 11) is 1.31. The highest BCUT2D eigenvalue weighted by Gasteiger charge is 2.27. The average molecular weight is 483 g/mol. The van der Waals surface area contributed by atoms with E-state index in [2.05, 4.69) is 41.0 Å². The molecule has 34 heavy (non-hydrogen) atoms. The van der Waals surface area contributed by atoms with Crippen LogP contribution in [0.15, 0.2) is 54.0 Å². The third kappa shape index (κ3) is 6.57. The third-order valence-electron chi connectivity index (χ3n) is 5.07. The molecule has 0 bridgehead atoms. The van der Waals surface area contributed by atoms with Crippen molar-refractivity contribution >= 4 is 35.4 Å². The minimum absolute atomic E-state index is 0.151. The summed E-state index contributed by atoms with van der Waals surface area (Å²) < 4.78 is 16.2. The van der Waals surface area contributed by atoms with Crippen LogP contribution in [0.4, 0.5) is 5.69 Å². The Morgan fingerprint density at radius 1 is 1.21 bits per heavy atom. The van der Waals surface area contributed by atoms with Gasteiger partial charge in [0.2, 0.25) is 0 Å². The number of anilines is 1. The number of methoxy groups -OCH3 is 1. The lowest BCUT2D eigenvalue weighted by atomic mass is 10.0. The Balaban J connectivity index is 1.83. The van der Waals surface area contributed by atoms with Gasteiger partial charge in [0.25, 0.3) is 5.91 Å². The normalized spacial score (nSPS) is 16.1. The first-order valence-electron chi connectivity index (χ1n) is 11.1. The molecule has 7 nitrogen and oxygen atoms in total. The maximum absolute atomic E-state index is 12.6. The van der Waals surface area contributed by atoms with Crippen LogP contribution in [-0.4, -0.2) is 37.7 Å². The van der Waals surface area contributed by atoms with Gasteiger partial charge < -0.3 is 24.8 Å². The molecule has 0 aliphatic carbocycles. The van der Waals surface area contributed by atoms with Crippen molar-refractivity contribution in [2.24, 2.45) is 0 Å². The van der Waals surface area contributed by atoms with E-state index in [0.29, 0.717) is 29.4 Å². The fraction of sp³-hybridized carbons (Fsp3) is 0.308. The Hall–Kier alpha value is -3.39. The Morgan fingerprint density at radius 2 is 1.97 bits per heavy atom. The van der Waals surface area contributed by atoms with Crippen LogP contribution in [0.5, 0.6) is 11.5 Å². The van der Waals surface area contributed by atoms with Crippen LogP contribution < -0.4 is 20.1 Å². The average Bonchev–Trinajstić information content (AvgIpc) is 3.17. The molecule has 8 heteroatoms. The standard InChI is InChI=1S/C26H30N2O5S/c1-5-8-19-13-18(14-21(32-7-3)24(19)33-16-23(29)31-4)15-22-25(30)28-26(34-22)27-20-11-9-17(6-2)10-12-20/h5,9-15,26-27H,1,6-8,16H2,2-4H3,(H,28,30)/b22-15-/t26-/m1/s1. The molecule has 180 valence electrons. The number of amides is 1. The largest absolute Gasteiger partial charge is 0.490 e. The molecule has 2 aromatic rings. The van der Waals surface area contributed by atoms with Crippen molar-refractivity contribution in [1.29, 1.82) is 0 Å². The summed E-state index contributed by atoms with van der Waals surface area (Å²) in [6.07, 6.45) is 5.05. The number of esters is 1. The third-order valence-corrected chi connectivity index (χ3v) is 6.10. The fourth-order valence-electron chi connectivity index (χ4n) is 3.40. The van der Waals surface area contributed by atoms with Crippen molar-refractivity contribution in [3.8, 4) is 11.5 Å². The first-order chi connectivity index (χ1) is 16.5. The quantitative estimate of drug-likeness (QED) is 0.277. The van der Waals surface area contributed by atoms with E-state index in [1.807, 2.05) is 31.2 Å². The molecular formula is C26H30N2O5S. The van der Waals surface area contributed by atoms with Crippen molar-refractivity contribution in [2.75, 3.05) is 25.6 Å². The molecule has 2 aromatic carbocycles. The number of nitrogens with one attached hydrogen (secondary N) is 2. The van der Waals surface area contributed by atoms with Crippen LogP contribution in [0.3, 0.4) is 0 Å². The van der Waals surface area contributed by atoms with E-state index < -0.39 is 5.97 Å². The summed E-state index contributed by atoms with van der Waals surface area (Å²) in [6, 6.07) is 11.9. The van der Waals surface area contributed by atoms with Crippen molar-refractivity contribution in [2.45, 2.75) is 32.2 Å². The Morgan fingerprint density at radius 3 is 2.62 bits per heavy atom. The maximum Gasteiger partial charge on any atom is 0.343 e. The van der Waals surface area contributed by atoms with Crippen molar-refractivity contribution in [3.05, 3.63) is 70.6 Å². The molecule has 1 aliphatic rings. The smallest absolute Gasteiger partial charge is 0.343 e. The van der Waals surface area contributed by atoms with Crippen LogP contribution in [-0.2, 0) is 27.2 Å². The van der Waals surface area contributed by atoms with Gasteiger partial charge in [0, 0.05) is 11.3 Å². The predicted octanol–water partition coefficient (Wildman–Crippen LogP) is 4.53. The molecule has 0 spiro atoms. The number of ether oxygens (including phenoxy) is 3. The van der Waals surface area contributed by atoms with Gasteiger partial charge in [0.15, 0.2) is 23.6 Å². The summed E-state index contributed by atoms with van der Waals surface area (Å²) in [5.74, 6) is 0.321. The van der Waals surface area contributed by atoms with Crippen LogP contribution in [0.2, 0.25) is 0 Å². The minimum atomic E-state index is -0.486. The van der Waals surface area contributed by atoms with Gasteiger partial charge in [0.1, 0.15) is 0 Å². The number of benzene rings is 2. The summed E-state index contributed by atoms with van der Waals surface area (Å²) >= 11 is 1.41. The van der Waals surface area contributed by atoms with E-state index in [4.69, 9.17) is 9.47 Å².